The predicted molar refractivity (Wildman–Crippen MR) is 117 cm³/mol. The topological polar surface area (TPSA) is 123 Å². The van der Waals surface area contributed by atoms with Crippen LogP contribution >= 0.6 is 11.8 Å². The maximum absolute atomic E-state index is 12.8. The number of nitrogens with zero attached hydrogens (tertiary/aromatic N) is 3. The van der Waals surface area contributed by atoms with Gasteiger partial charge in [0.1, 0.15) is 0 Å². The van der Waals surface area contributed by atoms with Gasteiger partial charge >= 0.3 is 5.97 Å². The summed E-state index contributed by atoms with van der Waals surface area (Å²) in [6, 6.07) is 15.6. The fraction of sp³-hybridized carbons (Fsp3) is 0.0455. The molecule has 0 radical (unpaired) electrons. The highest BCUT2D eigenvalue weighted by Crippen LogP contribution is 2.34. The lowest BCUT2D eigenvalue weighted by atomic mass is 10.2. The van der Waals surface area contributed by atoms with E-state index in [1.54, 1.807) is 47.2 Å². The van der Waals surface area contributed by atoms with Crippen molar-refractivity contribution < 1.29 is 24.4 Å². The van der Waals surface area contributed by atoms with Crippen molar-refractivity contribution in [2.24, 2.45) is 0 Å². The highest BCUT2D eigenvalue weighted by Gasteiger charge is 2.35. The second-order valence-corrected chi connectivity index (χ2v) is 7.84. The van der Waals surface area contributed by atoms with Gasteiger partial charge in [0.15, 0.2) is 0 Å². The van der Waals surface area contributed by atoms with E-state index in [9.17, 15) is 24.5 Å². The lowest BCUT2D eigenvalue weighted by Gasteiger charge is -2.12. The molecule has 9 nitrogen and oxygen atoms in total. The standard InChI is InChI=1S/C22H15N3O6S/c26-20-19(32-22(29)24(20)13-14-3-1-4-18(11-14)25(30)31)12-17-5-2-10-23(17)16-8-6-15(7-9-16)21(27)28/h1-12H,13H2,(H,27,28)/b19-12-. The molecule has 32 heavy (non-hydrogen) atoms. The molecule has 0 unspecified atom stereocenters. The lowest BCUT2D eigenvalue weighted by molar-refractivity contribution is -0.384. The number of carbonyl (C=O) groups excluding carboxylic acids is 2. The number of hydrogen-bond acceptors (Lipinski definition) is 6. The first-order chi connectivity index (χ1) is 15.3. The van der Waals surface area contributed by atoms with E-state index in [1.807, 2.05) is 0 Å². The third kappa shape index (κ3) is 4.16. The number of carboxylic acid groups (broad SMARTS) is 1. The number of carboxylic acids is 1. The maximum Gasteiger partial charge on any atom is 0.335 e. The van der Waals surface area contributed by atoms with E-state index in [0.29, 0.717) is 16.9 Å². The first-order valence-electron chi connectivity index (χ1n) is 9.33. The Hall–Kier alpha value is -4.18. The van der Waals surface area contributed by atoms with Crippen LogP contribution in [0.3, 0.4) is 0 Å². The average Bonchev–Trinajstić information content (AvgIpc) is 3.34. The number of hydrogen-bond donors (Lipinski definition) is 1. The molecule has 0 bridgehead atoms. The van der Waals surface area contributed by atoms with E-state index in [4.69, 9.17) is 5.11 Å². The molecule has 0 atom stereocenters. The van der Waals surface area contributed by atoms with Gasteiger partial charge in [-0.15, -0.1) is 0 Å². The van der Waals surface area contributed by atoms with Crippen molar-refractivity contribution in [1.29, 1.82) is 0 Å². The monoisotopic (exact) mass is 449 g/mol. The SMILES string of the molecule is O=C(O)c1ccc(-n2cccc2/C=C2\SC(=O)N(Cc3cccc([N+](=O)[O-])c3)C2=O)cc1. The number of nitro groups is 1. The molecule has 1 N–H and O–H groups in total. The summed E-state index contributed by atoms with van der Waals surface area (Å²) >= 11 is 0.794. The number of carbonyl (C=O) groups is 3. The Morgan fingerprint density at radius 3 is 2.53 bits per heavy atom. The molecule has 1 aromatic heterocycles. The average molecular weight is 449 g/mol. The molecule has 0 aliphatic carbocycles. The van der Waals surface area contributed by atoms with Crippen molar-refractivity contribution in [1.82, 2.24) is 9.47 Å². The Balaban J connectivity index is 1.58. The largest absolute Gasteiger partial charge is 0.478 e. The van der Waals surface area contributed by atoms with Crippen LogP contribution in [0, 0.1) is 10.1 Å². The quantitative estimate of drug-likeness (QED) is 0.338. The number of amides is 2. The molecule has 2 aromatic carbocycles. The minimum atomic E-state index is -1.03. The van der Waals surface area contributed by atoms with Crippen LogP contribution in [0.1, 0.15) is 21.6 Å². The van der Waals surface area contributed by atoms with E-state index in [-0.39, 0.29) is 22.7 Å². The van der Waals surface area contributed by atoms with Crippen molar-refractivity contribution in [3.8, 4) is 5.69 Å². The zero-order valence-electron chi connectivity index (χ0n) is 16.4. The molecule has 1 fully saturated rings. The number of imide groups is 1. The fourth-order valence-corrected chi connectivity index (χ4v) is 4.06. The number of aromatic nitrogens is 1. The van der Waals surface area contributed by atoms with Crippen LogP contribution in [-0.4, -0.2) is 36.6 Å². The van der Waals surface area contributed by atoms with Gasteiger partial charge < -0.3 is 9.67 Å². The van der Waals surface area contributed by atoms with E-state index in [1.165, 1.54) is 30.3 Å². The van der Waals surface area contributed by atoms with Crippen LogP contribution in [0.15, 0.2) is 71.8 Å². The van der Waals surface area contributed by atoms with Crippen molar-refractivity contribution in [2.75, 3.05) is 0 Å². The normalized spacial score (nSPS) is 14.9. The molecule has 1 aliphatic heterocycles. The summed E-state index contributed by atoms with van der Waals surface area (Å²) in [5.74, 6) is -1.51. The van der Waals surface area contributed by atoms with E-state index < -0.39 is 22.0 Å². The number of rotatable bonds is 6. The Bertz CT molecular complexity index is 1280. The van der Waals surface area contributed by atoms with Gasteiger partial charge in [0, 0.05) is 29.7 Å². The number of aromatic carboxylic acids is 1. The van der Waals surface area contributed by atoms with Gasteiger partial charge in [0.2, 0.25) is 0 Å². The Morgan fingerprint density at radius 1 is 1.09 bits per heavy atom. The highest BCUT2D eigenvalue weighted by atomic mass is 32.2. The summed E-state index contributed by atoms with van der Waals surface area (Å²) in [6.07, 6.45) is 3.35. The van der Waals surface area contributed by atoms with Gasteiger partial charge in [0.25, 0.3) is 16.8 Å². The van der Waals surface area contributed by atoms with Gasteiger partial charge in [-0.1, -0.05) is 12.1 Å². The second kappa shape index (κ2) is 8.52. The lowest BCUT2D eigenvalue weighted by Crippen LogP contribution is -2.27. The first-order valence-corrected chi connectivity index (χ1v) is 10.1. The highest BCUT2D eigenvalue weighted by molar-refractivity contribution is 8.18. The van der Waals surface area contributed by atoms with Crippen molar-refractivity contribution >= 4 is 40.6 Å². The zero-order chi connectivity index (χ0) is 22.8. The molecule has 2 amide bonds. The summed E-state index contributed by atoms with van der Waals surface area (Å²) in [5, 5.41) is 19.6. The molecular formula is C22H15N3O6S. The summed E-state index contributed by atoms with van der Waals surface area (Å²) in [5.41, 5.74) is 1.85. The molecule has 2 heterocycles. The summed E-state index contributed by atoms with van der Waals surface area (Å²) in [4.78, 5) is 48.0. The molecule has 4 rings (SSSR count). The molecule has 3 aromatic rings. The first kappa shape index (κ1) is 21.1. The van der Waals surface area contributed by atoms with Gasteiger partial charge in [-0.2, -0.15) is 0 Å². The van der Waals surface area contributed by atoms with Crippen LogP contribution in [0.25, 0.3) is 11.8 Å². The van der Waals surface area contributed by atoms with Crippen molar-refractivity contribution in [2.45, 2.75) is 6.54 Å². The van der Waals surface area contributed by atoms with Gasteiger partial charge in [-0.3, -0.25) is 24.6 Å². The summed E-state index contributed by atoms with van der Waals surface area (Å²) in [6.45, 7) is -0.0681. The Kier molecular flexibility index (Phi) is 5.61. The maximum atomic E-state index is 12.8. The predicted octanol–water partition coefficient (Wildman–Crippen LogP) is 4.32. The van der Waals surface area contributed by atoms with E-state index in [0.717, 1.165) is 16.7 Å². The van der Waals surface area contributed by atoms with Crippen LogP contribution in [-0.2, 0) is 11.3 Å². The minimum absolute atomic E-state index is 0.0681. The van der Waals surface area contributed by atoms with Crippen LogP contribution in [0.5, 0.6) is 0 Å². The third-order valence-electron chi connectivity index (χ3n) is 4.79. The third-order valence-corrected chi connectivity index (χ3v) is 5.69. The van der Waals surface area contributed by atoms with Gasteiger partial charge in [-0.05, 0) is 59.8 Å². The summed E-state index contributed by atoms with van der Waals surface area (Å²) < 4.78 is 1.76. The van der Waals surface area contributed by atoms with Crippen LogP contribution in [0.2, 0.25) is 0 Å². The second-order valence-electron chi connectivity index (χ2n) is 6.85. The smallest absolute Gasteiger partial charge is 0.335 e. The van der Waals surface area contributed by atoms with Gasteiger partial charge in [-0.25, -0.2) is 4.79 Å². The number of nitro benzene ring substituents is 1. The van der Waals surface area contributed by atoms with E-state index in [2.05, 4.69) is 0 Å². The number of benzene rings is 2. The Labute approximate surface area is 185 Å². The Morgan fingerprint density at radius 2 is 1.84 bits per heavy atom. The van der Waals surface area contributed by atoms with Crippen LogP contribution in [0.4, 0.5) is 10.5 Å². The number of thioether (sulfide) groups is 1. The van der Waals surface area contributed by atoms with Crippen molar-refractivity contribution in [3.63, 3.8) is 0 Å². The molecule has 0 saturated carbocycles. The zero-order valence-corrected chi connectivity index (χ0v) is 17.2. The molecular weight excluding hydrogens is 434 g/mol. The molecule has 1 aliphatic rings. The molecule has 1 saturated heterocycles. The molecule has 160 valence electrons. The molecule has 0 spiro atoms. The fourth-order valence-electron chi connectivity index (χ4n) is 3.23. The minimum Gasteiger partial charge on any atom is -0.478 e. The summed E-state index contributed by atoms with van der Waals surface area (Å²) in [7, 11) is 0. The van der Waals surface area contributed by atoms with Crippen LogP contribution < -0.4 is 0 Å². The van der Waals surface area contributed by atoms with Gasteiger partial charge in [0.05, 0.1) is 21.9 Å². The molecule has 10 heteroatoms. The number of non-ortho nitro benzene ring substituents is 1. The van der Waals surface area contributed by atoms with E-state index >= 15 is 0 Å². The van der Waals surface area contributed by atoms with Crippen molar-refractivity contribution in [3.05, 3.63) is 98.7 Å².